The van der Waals surface area contributed by atoms with Crippen LogP contribution in [0.3, 0.4) is 0 Å². The van der Waals surface area contributed by atoms with E-state index in [4.69, 9.17) is 18.9 Å². The summed E-state index contributed by atoms with van der Waals surface area (Å²) < 4.78 is 22.1. The van der Waals surface area contributed by atoms with Crippen molar-refractivity contribution in [3.8, 4) is 28.7 Å². The van der Waals surface area contributed by atoms with Gasteiger partial charge in [-0.2, -0.15) is 0 Å². The summed E-state index contributed by atoms with van der Waals surface area (Å²) in [6.07, 6.45) is 1.71. The Kier molecular flexibility index (Phi) is 5.01. The fraction of sp³-hybridized carbons (Fsp3) is 0.154. The molecule has 3 aromatic carbocycles. The Morgan fingerprint density at radius 2 is 1.67 bits per heavy atom. The van der Waals surface area contributed by atoms with E-state index in [1.165, 1.54) is 14.2 Å². The van der Waals surface area contributed by atoms with E-state index in [-0.39, 0.29) is 35.2 Å². The van der Waals surface area contributed by atoms with Crippen molar-refractivity contribution in [1.29, 1.82) is 0 Å². The number of aromatic hydroxyl groups is 1. The number of Topliss-reactive ketones (excluding diaryl/α,β-unsaturated/α-hetero) is 1. The SMILES string of the molecule is COc1cc(C2CC(=O)Oc3ccc4c(c32)O/C(=C/c2ccccc2)C4=O)cc(OC)c1O. The van der Waals surface area contributed by atoms with Crippen LogP contribution in [0.25, 0.3) is 6.08 Å². The van der Waals surface area contributed by atoms with Crippen molar-refractivity contribution in [1.82, 2.24) is 0 Å². The maximum atomic E-state index is 13.1. The molecule has 0 amide bonds. The molecular weight excluding hydrogens is 424 g/mol. The number of methoxy groups -OCH3 is 2. The lowest BCUT2D eigenvalue weighted by Crippen LogP contribution is -2.21. The summed E-state index contributed by atoms with van der Waals surface area (Å²) in [5.41, 5.74) is 2.48. The number of hydrogen-bond acceptors (Lipinski definition) is 7. The number of carbonyl (C=O) groups is 2. The summed E-state index contributed by atoms with van der Waals surface area (Å²) in [5.74, 6) is 0.0110. The molecule has 1 N–H and O–H groups in total. The Morgan fingerprint density at radius 3 is 2.33 bits per heavy atom. The standard InChI is InChI=1S/C26H20O7/c1-30-19-11-15(12-20(31-2)25(19)29)17-13-22(27)32-18-9-8-16-24(28)21(33-26(16)23(17)18)10-14-6-4-3-5-7-14/h3-12,17,29H,13H2,1-2H3/b21-10+. The monoisotopic (exact) mass is 444 g/mol. The lowest BCUT2D eigenvalue weighted by Gasteiger charge is -2.27. The zero-order valence-corrected chi connectivity index (χ0v) is 18.0. The predicted molar refractivity (Wildman–Crippen MR) is 119 cm³/mol. The average Bonchev–Trinajstić information content (AvgIpc) is 3.14. The lowest BCUT2D eigenvalue weighted by molar-refractivity contribution is -0.135. The minimum atomic E-state index is -0.497. The zero-order valence-electron chi connectivity index (χ0n) is 18.0. The molecule has 2 aliphatic heterocycles. The van der Waals surface area contributed by atoms with Gasteiger partial charge in [0.25, 0.3) is 0 Å². The van der Waals surface area contributed by atoms with Crippen LogP contribution in [0.15, 0.2) is 60.4 Å². The quantitative estimate of drug-likeness (QED) is 0.361. The molecule has 0 saturated carbocycles. The maximum Gasteiger partial charge on any atom is 0.312 e. The average molecular weight is 444 g/mol. The van der Waals surface area contributed by atoms with Gasteiger partial charge < -0.3 is 24.1 Å². The van der Waals surface area contributed by atoms with E-state index in [2.05, 4.69) is 0 Å². The normalized spacial score (nSPS) is 17.8. The van der Waals surface area contributed by atoms with Crippen molar-refractivity contribution in [3.05, 3.63) is 82.6 Å². The minimum Gasteiger partial charge on any atom is -0.502 e. The zero-order chi connectivity index (χ0) is 23.1. The number of hydrogen-bond donors (Lipinski definition) is 1. The van der Waals surface area contributed by atoms with E-state index in [1.807, 2.05) is 30.3 Å². The molecule has 0 radical (unpaired) electrons. The third kappa shape index (κ3) is 3.47. The highest BCUT2D eigenvalue weighted by atomic mass is 16.5. The molecule has 2 aliphatic rings. The summed E-state index contributed by atoms with van der Waals surface area (Å²) in [4.78, 5) is 25.5. The summed E-state index contributed by atoms with van der Waals surface area (Å²) in [6.45, 7) is 0. The van der Waals surface area contributed by atoms with Crippen LogP contribution in [0, 0.1) is 0 Å². The molecule has 2 heterocycles. The molecule has 7 nitrogen and oxygen atoms in total. The second-order valence-electron chi connectivity index (χ2n) is 7.71. The van der Waals surface area contributed by atoms with E-state index in [0.717, 1.165) is 5.56 Å². The molecule has 0 bridgehead atoms. The number of phenolic OH excluding ortho intramolecular Hbond substituents is 1. The largest absolute Gasteiger partial charge is 0.502 e. The van der Waals surface area contributed by atoms with Crippen LogP contribution in [-0.2, 0) is 4.79 Å². The number of esters is 1. The van der Waals surface area contributed by atoms with E-state index >= 15 is 0 Å². The second-order valence-corrected chi connectivity index (χ2v) is 7.71. The summed E-state index contributed by atoms with van der Waals surface area (Å²) >= 11 is 0. The van der Waals surface area contributed by atoms with E-state index in [9.17, 15) is 14.7 Å². The van der Waals surface area contributed by atoms with E-state index in [0.29, 0.717) is 28.2 Å². The van der Waals surface area contributed by atoms with E-state index in [1.54, 1.807) is 30.3 Å². The smallest absolute Gasteiger partial charge is 0.312 e. The van der Waals surface area contributed by atoms with Crippen molar-refractivity contribution >= 4 is 17.8 Å². The first-order valence-electron chi connectivity index (χ1n) is 10.3. The van der Waals surface area contributed by atoms with Crippen molar-refractivity contribution in [2.45, 2.75) is 12.3 Å². The van der Waals surface area contributed by atoms with Gasteiger partial charge in [0.2, 0.25) is 11.5 Å². The molecule has 0 spiro atoms. The topological polar surface area (TPSA) is 91.3 Å². The van der Waals surface area contributed by atoms with Gasteiger partial charge in [0.1, 0.15) is 11.5 Å². The molecule has 3 aromatic rings. The molecule has 1 unspecified atom stereocenters. The first-order valence-corrected chi connectivity index (χ1v) is 10.3. The van der Waals surface area contributed by atoms with Gasteiger partial charge in [-0.25, -0.2) is 0 Å². The first-order chi connectivity index (χ1) is 16.0. The Bertz CT molecular complexity index is 1280. The van der Waals surface area contributed by atoms with E-state index < -0.39 is 11.9 Å². The molecule has 0 aliphatic carbocycles. The van der Waals surface area contributed by atoms with Crippen LogP contribution in [-0.4, -0.2) is 31.1 Å². The Balaban J connectivity index is 1.65. The van der Waals surface area contributed by atoms with Crippen molar-refractivity contribution in [2.24, 2.45) is 0 Å². The van der Waals surface area contributed by atoms with Gasteiger partial charge in [-0.1, -0.05) is 30.3 Å². The van der Waals surface area contributed by atoms with Crippen LogP contribution < -0.4 is 18.9 Å². The molecule has 0 aromatic heterocycles. The third-order valence-electron chi connectivity index (χ3n) is 5.78. The van der Waals surface area contributed by atoms with Gasteiger partial charge in [0, 0.05) is 11.5 Å². The molecule has 1 atom stereocenters. The summed E-state index contributed by atoms with van der Waals surface area (Å²) in [5, 5.41) is 10.3. The molecule has 5 rings (SSSR count). The van der Waals surface area contributed by atoms with Crippen LogP contribution in [0.2, 0.25) is 0 Å². The first kappa shape index (κ1) is 20.6. The van der Waals surface area contributed by atoms with Crippen molar-refractivity contribution < 1.29 is 33.6 Å². The number of phenols is 1. The number of ketones is 1. The number of ether oxygens (including phenoxy) is 4. The Morgan fingerprint density at radius 1 is 0.970 bits per heavy atom. The molecular formula is C26H20O7. The fourth-order valence-electron chi connectivity index (χ4n) is 4.21. The predicted octanol–water partition coefficient (Wildman–Crippen LogP) is 4.47. The van der Waals surface area contributed by atoms with Gasteiger partial charge in [-0.3, -0.25) is 9.59 Å². The molecule has 33 heavy (non-hydrogen) atoms. The third-order valence-corrected chi connectivity index (χ3v) is 5.78. The van der Waals surface area contributed by atoms with Crippen LogP contribution in [0.1, 0.15) is 39.4 Å². The lowest BCUT2D eigenvalue weighted by atomic mass is 9.84. The van der Waals surface area contributed by atoms with Crippen LogP contribution >= 0.6 is 0 Å². The molecule has 0 saturated heterocycles. The van der Waals surface area contributed by atoms with Gasteiger partial charge in [-0.15, -0.1) is 0 Å². The number of carbonyl (C=O) groups excluding carboxylic acids is 2. The van der Waals surface area contributed by atoms with Gasteiger partial charge in [0.15, 0.2) is 17.3 Å². The summed E-state index contributed by atoms with van der Waals surface area (Å²) in [6, 6.07) is 15.9. The highest BCUT2D eigenvalue weighted by Gasteiger charge is 2.39. The van der Waals surface area contributed by atoms with Crippen molar-refractivity contribution in [2.75, 3.05) is 14.2 Å². The minimum absolute atomic E-state index is 0.0236. The van der Waals surface area contributed by atoms with Crippen molar-refractivity contribution in [3.63, 3.8) is 0 Å². The number of allylic oxidation sites excluding steroid dienone is 1. The van der Waals surface area contributed by atoms with Crippen LogP contribution in [0.4, 0.5) is 0 Å². The summed E-state index contributed by atoms with van der Waals surface area (Å²) in [7, 11) is 2.86. The molecule has 0 fully saturated rings. The number of benzene rings is 3. The highest BCUT2D eigenvalue weighted by molar-refractivity contribution is 6.15. The van der Waals surface area contributed by atoms with Gasteiger partial charge >= 0.3 is 5.97 Å². The second kappa shape index (κ2) is 8.02. The molecule has 166 valence electrons. The fourth-order valence-corrected chi connectivity index (χ4v) is 4.21. The highest BCUT2D eigenvalue weighted by Crippen LogP contribution is 2.51. The van der Waals surface area contributed by atoms with Gasteiger partial charge in [0.05, 0.1) is 26.2 Å². The molecule has 7 heteroatoms. The van der Waals surface area contributed by atoms with Crippen LogP contribution in [0.5, 0.6) is 28.7 Å². The Hall–Kier alpha value is -4.26. The van der Waals surface area contributed by atoms with Gasteiger partial charge in [-0.05, 0) is 41.5 Å². The number of rotatable bonds is 4. The Labute approximate surface area is 189 Å². The maximum absolute atomic E-state index is 13.1. The number of fused-ring (bicyclic) bond motifs is 3.